The van der Waals surface area contributed by atoms with Crippen LogP contribution < -0.4 is 5.32 Å². The predicted octanol–water partition coefficient (Wildman–Crippen LogP) is 5.78. The fourth-order valence-electron chi connectivity index (χ4n) is 3.87. The standard InChI is InChI=1S/C23H23Cl2F3N2O2/c1-2-3-9-29-21(31)19-13-30(22(32)17-8-7-16(24)11-20(17)25)12-18(19)14-5-4-6-15(10-14)23(26,27)28/h4-8,10-11,18-19H,2-3,9,12-13H2,1H3,(H,29,31)/t18-,19+/m0/s1. The van der Waals surface area contributed by atoms with Gasteiger partial charge in [0.05, 0.1) is 22.1 Å². The lowest BCUT2D eigenvalue weighted by Gasteiger charge is -2.19. The van der Waals surface area contributed by atoms with Crippen LogP contribution in [0.3, 0.4) is 0 Å². The Kier molecular flexibility index (Phi) is 7.72. The van der Waals surface area contributed by atoms with Crippen LogP contribution in [0, 0.1) is 5.92 Å². The lowest BCUT2D eigenvalue weighted by Crippen LogP contribution is -2.36. The van der Waals surface area contributed by atoms with Crippen LogP contribution in [-0.4, -0.2) is 36.3 Å². The first kappa shape index (κ1) is 24.4. The number of carbonyl (C=O) groups excluding carboxylic acids is 2. The molecule has 32 heavy (non-hydrogen) atoms. The fraction of sp³-hybridized carbons (Fsp3) is 0.391. The SMILES string of the molecule is CCCCNC(=O)[C@@H]1CN(C(=O)c2ccc(Cl)cc2Cl)C[C@H]1c1cccc(C(F)(F)F)c1. The van der Waals surface area contributed by atoms with Gasteiger partial charge in [0.1, 0.15) is 0 Å². The van der Waals surface area contributed by atoms with Crippen molar-refractivity contribution in [2.24, 2.45) is 5.92 Å². The molecule has 1 fully saturated rings. The van der Waals surface area contributed by atoms with Crippen molar-refractivity contribution in [3.05, 3.63) is 69.2 Å². The largest absolute Gasteiger partial charge is 0.416 e. The number of hydrogen-bond donors (Lipinski definition) is 1. The molecule has 0 spiro atoms. The topological polar surface area (TPSA) is 49.4 Å². The number of rotatable bonds is 6. The summed E-state index contributed by atoms with van der Waals surface area (Å²) < 4.78 is 39.8. The molecule has 2 aromatic carbocycles. The van der Waals surface area contributed by atoms with Crippen LogP contribution >= 0.6 is 23.2 Å². The third-order valence-electron chi connectivity index (χ3n) is 5.58. The number of amides is 2. The lowest BCUT2D eigenvalue weighted by molar-refractivity contribution is -0.137. The minimum Gasteiger partial charge on any atom is -0.356 e. The number of hydrogen-bond acceptors (Lipinski definition) is 2. The van der Waals surface area contributed by atoms with E-state index in [0.29, 0.717) is 17.1 Å². The van der Waals surface area contributed by atoms with E-state index in [1.54, 1.807) is 6.07 Å². The molecule has 0 aromatic heterocycles. The van der Waals surface area contributed by atoms with Gasteiger partial charge in [0.15, 0.2) is 0 Å². The quantitative estimate of drug-likeness (QED) is 0.525. The van der Waals surface area contributed by atoms with Crippen molar-refractivity contribution in [1.82, 2.24) is 10.2 Å². The molecule has 3 rings (SSSR count). The summed E-state index contributed by atoms with van der Waals surface area (Å²) in [6.45, 7) is 2.64. The van der Waals surface area contributed by atoms with Gasteiger partial charge in [0.2, 0.25) is 5.91 Å². The van der Waals surface area contributed by atoms with Gasteiger partial charge in [-0.25, -0.2) is 0 Å². The van der Waals surface area contributed by atoms with Crippen LogP contribution in [0.4, 0.5) is 13.2 Å². The van der Waals surface area contributed by atoms with Gasteiger partial charge in [-0.05, 0) is 36.2 Å². The number of nitrogens with zero attached hydrogens (tertiary/aromatic N) is 1. The van der Waals surface area contributed by atoms with Gasteiger partial charge >= 0.3 is 6.18 Å². The van der Waals surface area contributed by atoms with Crippen LogP contribution in [0.2, 0.25) is 10.0 Å². The van der Waals surface area contributed by atoms with Crippen molar-refractivity contribution in [3.8, 4) is 0 Å². The molecule has 1 heterocycles. The third-order valence-corrected chi connectivity index (χ3v) is 6.12. The maximum atomic E-state index is 13.3. The van der Waals surface area contributed by atoms with Crippen LogP contribution in [0.15, 0.2) is 42.5 Å². The lowest BCUT2D eigenvalue weighted by atomic mass is 9.87. The van der Waals surface area contributed by atoms with Crippen molar-refractivity contribution in [3.63, 3.8) is 0 Å². The molecule has 2 atom stereocenters. The van der Waals surface area contributed by atoms with Crippen molar-refractivity contribution in [2.45, 2.75) is 31.9 Å². The van der Waals surface area contributed by atoms with E-state index in [2.05, 4.69) is 5.32 Å². The van der Waals surface area contributed by atoms with Crippen molar-refractivity contribution in [1.29, 1.82) is 0 Å². The highest BCUT2D eigenvalue weighted by atomic mass is 35.5. The van der Waals surface area contributed by atoms with Gasteiger partial charge < -0.3 is 10.2 Å². The maximum Gasteiger partial charge on any atom is 0.416 e. The van der Waals surface area contributed by atoms with Gasteiger partial charge in [0, 0.05) is 30.6 Å². The Morgan fingerprint density at radius 2 is 1.88 bits per heavy atom. The second-order valence-corrected chi connectivity index (χ2v) is 8.66. The molecule has 0 saturated carbocycles. The van der Waals surface area contributed by atoms with E-state index >= 15 is 0 Å². The molecule has 172 valence electrons. The van der Waals surface area contributed by atoms with Crippen LogP contribution in [0.1, 0.15) is 47.2 Å². The van der Waals surface area contributed by atoms with Crippen molar-refractivity contribution >= 4 is 35.0 Å². The number of benzene rings is 2. The van der Waals surface area contributed by atoms with E-state index in [1.165, 1.54) is 29.2 Å². The Morgan fingerprint density at radius 1 is 1.12 bits per heavy atom. The monoisotopic (exact) mass is 486 g/mol. The Morgan fingerprint density at radius 3 is 2.53 bits per heavy atom. The van der Waals surface area contributed by atoms with E-state index < -0.39 is 29.5 Å². The van der Waals surface area contributed by atoms with E-state index in [0.717, 1.165) is 25.0 Å². The summed E-state index contributed by atoms with van der Waals surface area (Å²) in [7, 11) is 0. The van der Waals surface area contributed by atoms with Gasteiger partial charge in [-0.15, -0.1) is 0 Å². The Balaban J connectivity index is 1.90. The summed E-state index contributed by atoms with van der Waals surface area (Å²) in [5.41, 5.74) is -0.190. The molecule has 2 amide bonds. The Bertz CT molecular complexity index is 997. The average Bonchev–Trinajstić information content (AvgIpc) is 3.18. The van der Waals surface area contributed by atoms with Crippen molar-refractivity contribution < 1.29 is 22.8 Å². The zero-order valence-corrected chi connectivity index (χ0v) is 18.9. The van der Waals surface area contributed by atoms with E-state index in [4.69, 9.17) is 23.2 Å². The maximum absolute atomic E-state index is 13.3. The zero-order valence-electron chi connectivity index (χ0n) is 17.4. The van der Waals surface area contributed by atoms with Crippen LogP contribution in [0.5, 0.6) is 0 Å². The molecular weight excluding hydrogens is 464 g/mol. The first-order valence-corrected chi connectivity index (χ1v) is 11.1. The van der Waals surface area contributed by atoms with E-state index in [-0.39, 0.29) is 29.6 Å². The molecule has 2 aromatic rings. The first-order chi connectivity index (χ1) is 15.1. The molecule has 0 bridgehead atoms. The number of alkyl halides is 3. The van der Waals surface area contributed by atoms with Crippen LogP contribution in [-0.2, 0) is 11.0 Å². The number of likely N-dealkylation sites (tertiary alicyclic amines) is 1. The average molecular weight is 487 g/mol. The number of unbranched alkanes of at least 4 members (excludes halogenated alkanes) is 1. The third kappa shape index (κ3) is 5.56. The first-order valence-electron chi connectivity index (χ1n) is 10.3. The number of nitrogens with one attached hydrogen (secondary N) is 1. The summed E-state index contributed by atoms with van der Waals surface area (Å²) in [6.07, 6.45) is -2.82. The molecule has 9 heteroatoms. The zero-order chi connectivity index (χ0) is 23.5. The Labute approximate surface area is 194 Å². The second-order valence-electron chi connectivity index (χ2n) is 7.82. The van der Waals surface area contributed by atoms with Gasteiger partial charge in [0.25, 0.3) is 5.91 Å². The smallest absolute Gasteiger partial charge is 0.356 e. The predicted molar refractivity (Wildman–Crippen MR) is 118 cm³/mol. The van der Waals surface area contributed by atoms with E-state index in [9.17, 15) is 22.8 Å². The molecule has 1 aliphatic heterocycles. The summed E-state index contributed by atoms with van der Waals surface area (Å²) >= 11 is 12.1. The number of halogens is 5. The minimum atomic E-state index is -4.50. The van der Waals surface area contributed by atoms with Crippen LogP contribution in [0.25, 0.3) is 0 Å². The molecule has 1 aliphatic rings. The molecule has 4 nitrogen and oxygen atoms in total. The Hall–Kier alpha value is -2.25. The molecule has 1 N–H and O–H groups in total. The highest BCUT2D eigenvalue weighted by Crippen LogP contribution is 2.37. The summed E-state index contributed by atoms with van der Waals surface area (Å²) in [4.78, 5) is 27.4. The molecular formula is C23H23Cl2F3N2O2. The normalized spacial score (nSPS) is 18.6. The highest BCUT2D eigenvalue weighted by Gasteiger charge is 2.41. The second kappa shape index (κ2) is 10.1. The minimum absolute atomic E-state index is 0.0800. The highest BCUT2D eigenvalue weighted by molar-refractivity contribution is 6.36. The summed E-state index contributed by atoms with van der Waals surface area (Å²) in [5, 5.41) is 3.40. The molecule has 0 aliphatic carbocycles. The summed E-state index contributed by atoms with van der Waals surface area (Å²) in [5.74, 6) is -1.93. The number of carbonyl (C=O) groups is 2. The fourth-order valence-corrected chi connectivity index (χ4v) is 4.36. The van der Waals surface area contributed by atoms with Crippen molar-refractivity contribution in [2.75, 3.05) is 19.6 Å². The summed E-state index contributed by atoms with van der Waals surface area (Å²) in [6, 6.07) is 9.42. The molecule has 0 unspecified atom stereocenters. The van der Waals surface area contributed by atoms with E-state index in [1.807, 2.05) is 6.92 Å². The van der Waals surface area contributed by atoms with Gasteiger partial charge in [-0.2, -0.15) is 13.2 Å². The molecule has 0 radical (unpaired) electrons. The molecule has 1 saturated heterocycles. The van der Waals surface area contributed by atoms with Gasteiger partial charge in [-0.1, -0.05) is 54.7 Å². The van der Waals surface area contributed by atoms with Gasteiger partial charge in [-0.3, -0.25) is 9.59 Å².